The molecule has 1 fully saturated rings. The number of ketones is 1. The van der Waals surface area contributed by atoms with E-state index in [9.17, 15) is 4.79 Å². The molecule has 0 aromatic heterocycles. The molecule has 1 heterocycles. The van der Waals surface area contributed by atoms with Crippen LogP contribution in [0, 0.1) is 0 Å². The highest BCUT2D eigenvalue weighted by molar-refractivity contribution is 6.02. The van der Waals surface area contributed by atoms with Crippen molar-refractivity contribution in [3.05, 3.63) is 23.8 Å². The lowest BCUT2D eigenvalue weighted by Crippen LogP contribution is -2.50. The van der Waals surface area contributed by atoms with Gasteiger partial charge in [0.1, 0.15) is 11.5 Å². The molecule has 22 heavy (non-hydrogen) atoms. The molecule has 1 aliphatic heterocycles. The maximum Gasteiger partial charge on any atom is 0.183 e. The average molecular weight is 306 g/mol. The van der Waals surface area contributed by atoms with Gasteiger partial charge in [-0.1, -0.05) is 0 Å². The van der Waals surface area contributed by atoms with Gasteiger partial charge in [-0.2, -0.15) is 0 Å². The summed E-state index contributed by atoms with van der Waals surface area (Å²) < 4.78 is 11.1. The first-order valence-corrected chi connectivity index (χ1v) is 8.06. The van der Waals surface area contributed by atoms with E-state index in [1.54, 1.807) is 0 Å². The van der Waals surface area contributed by atoms with Gasteiger partial charge in [-0.25, -0.2) is 0 Å². The van der Waals surface area contributed by atoms with Gasteiger partial charge in [0.25, 0.3) is 0 Å². The summed E-state index contributed by atoms with van der Waals surface area (Å²) in [5, 5.41) is 3.31. The molecule has 1 aliphatic rings. The van der Waals surface area contributed by atoms with Crippen LogP contribution in [0.4, 0.5) is 0 Å². The van der Waals surface area contributed by atoms with Crippen molar-refractivity contribution < 1.29 is 14.3 Å². The first-order valence-electron chi connectivity index (χ1n) is 8.06. The predicted octanol–water partition coefficient (Wildman–Crippen LogP) is 1.96. The highest BCUT2D eigenvalue weighted by atomic mass is 16.5. The molecule has 5 nitrogen and oxygen atoms in total. The fourth-order valence-electron chi connectivity index (χ4n) is 2.70. The summed E-state index contributed by atoms with van der Waals surface area (Å²) in [7, 11) is 0. The van der Waals surface area contributed by atoms with Crippen LogP contribution in [-0.4, -0.2) is 56.1 Å². The molecule has 1 N–H and O–H groups in total. The van der Waals surface area contributed by atoms with Gasteiger partial charge in [0.2, 0.25) is 0 Å². The minimum Gasteiger partial charge on any atom is -0.494 e. The summed E-state index contributed by atoms with van der Waals surface area (Å²) in [4.78, 5) is 15.0. The number of rotatable bonds is 7. The van der Waals surface area contributed by atoms with Crippen molar-refractivity contribution in [3.63, 3.8) is 0 Å². The molecule has 1 aromatic carbocycles. The van der Waals surface area contributed by atoms with Crippen molar-refractivity contribution in [2.75, 3.05) is 39.4 Å². The Bertz CT molecular complexity index is 499. The molecule has 2 rings (SSSR count). The zero-order chi connectivity index (χ0) is 15.9. The quantitative estimate of drug-likeness (QED) is 0.781. The fraction of sp³-hybridized carbons (Fsp3) is 0.588. The van der Waals surface area contributed by atoms with Crippen molar-refractivity contribution in [1.29, 1.82) is 0 Å². The average Bonchev–Trinajstić information content (AvgIpc) is 2.55. The van der Waals surface area contributed by atoms with Crippen LogP contribution >= 0.6 is 0 Å². The summed E-state index contributed by atoms with van der Waals surface area (Å²) in [5.41, 5.74) is 0.635. The first-order chi connectivity index (χ1) is 10.7. The molecule has 0 aliphatic carbocycles. The number of carbonyl (C=O) groups excluding carboxylic acids is 1. The number of Topliss-reactive ketones (excluding diaryl/α,β-unsaturated/α-hetero) is 1. The number of benzene rings is 1. The smallest absolute Gasteiger partial charge is 0.183 e. The topological polar surface area (TPSA) is 50.8 Å². The normalized spacial score (nSPS) is 17.0. The van der Waals surface area contributed by atoms with Gasteiger partial charge >= 0.3 is 0 Å². The van der Waals surface area contributed by atoms with Crippen LogP contribution in [0.5, 0.6) is 11.5 Å². The van der Waals surface area contributed by atoms with Crippen LogP contribution in [0.1, 0.15) is 31.1 Å². The number of hydrogen-bond acceptors (Lipinski definition) is 5. The Hall–Kier alpha value is -1.59. The van der Waals surface area contributed by atoms with E-state index in [1.165, 1.54) is 0 Å². The standard InChI is InChI=1S/C17H26N2O3/c1-4-21-14-6-7-15(16(12-14)22-5-2)17(20)13(3)19-10-8-18-9-11-19/h6-7,12-13,18H,4-5,8-11H2,1-3H3. The van der Waals surface area contributed by atoms with E-state index >= 15 is 0 Å². The summed E-state index contributed by atoms with van der Waals surface area (Å²) in [6.45, 7) is 10.6. The minimum atomic E-state index is -0.140. The monoisotopic (exact) mass is 306 g/mol. The number of nitrogens with zero attached hydrogens (tertiary/aromatic N) is 1. The molecule has 0 amide bonds. The third kappa shape index (κ3) is 3.99. The van der Waals surface area contributed by atoms with Crippen molar-refractivity contribution >= 4 is 5.78 Å². The van der Waals surface area contributed by atoms with Crippen molar-refractivity contribution in [2.45, 2.75) is 26.8 Å². The Labute approximate surface area is 132 Å². The number of carbonyl (C=O) groups is 1. The van der Waals surface area contributed by atoms with Crippen molar-refractivity contribution in [3.8, 4) is 11.5 Å². The Morgan fingerprint density at radius 1 is 1.23 bits per heavy atom. The number of hydrogen-bond donors (Lipinski definition) is 1. The van der Waals surface area contributed by atoms with Gasteiger partial charge in [-0.3, -0.25) is 9.69 Å². The van der Waals surface area contributed by atoms with Gasteiger partial charge in [-0.05, 0) is 32.9 Å². The third-order valence-corrected chi connectivity index (χ3v) is 3.91. The van der Waals surface area contributed by atoms with Crippen molar-refractivity contribution in [2.24, 2.45) is 0 Å². The van der Waals surface area contributed by atoms with Gasteiger partial charge in [0.05, 0.1) is 24.8 Å². The fourth-order valence-corrected chi connectivity index (χ4v) is 2.70. The van der Waals surface area contributed by atoms with E-state index in [1.807, 2.05) is 39.0 Å². The zero-order valence-corrected chi connectivity index (χ0v) is 13.7. The van der Waals surface area contributed by atoms with Crippen LogP contribution in [0.3, 0.4) is 0 Å². The maximum atomic E-state index is 12.8. The summed E-state index contributed by atoms with van der Waals surface area (Å²) in [6.07, 6.45) is 0. The van der Waals surface area contributed by atoms with E-state index in [2.05, 4.69) is 10.2 Å². The minimum absolute atomic E-state index is 0.105. The maximum absolute atomic E-state index is 12.8. The molecule has 1 aromatic rings. The van der Waals surface area contributed by atoms with E-state index < -0.39 is 0 Å². The number of piperazine rings is 1. The molecule has 1 saturated heterocycles. The van der Waals surface area contributed by atoms with E-state index in [4.69, 9.17) is 9.47 Å². The van der Waals surface area contributed by atoms with Crippen LogP contribution in [0.15, 0.2) is 18.2 Å². The Kier molecular flexibility index (Phi) is 6.21. The lowest BCUT2D eigenvalue weighted by molar-refractivity contribution is 0.0816. The van der Waals surface area contributed by atoms with Crippen LogP contribution < -0.4 is 14.8 Å². The van der Waals surface area contributed by atoms with Crippen LogP contribution in [-0.2, 0) is 0 Å². The van der Waals surface area contributed by atoms with E-state index in [0.717, 1.165) is 31.9 Å². The molecule has 122 valence electrons. The summed E-state index contributed by atoms with van der Waals surface area (Å²) in [6, 6.07) is 5.32. The lowest BCUT2D eigenvalue weighted by atomic mass is 10.0. The molecular weight excluding hydrogens is 280 g/mol. The Morgan fingerprint density at radius 3 is 2.55 bits per heavy atom. The zero-order valence-electron chi connectivity index (χ0n) is 13.7. The molecular formula is C17H26N2O3. The molecule has 0 bridgehead atoms. The summed E-state index contributed by atoms with van der Waals surface area (Å²) in [5.74, 6) is 1.45. The molecule has 5 heteroatoms. The Balaban J connectivity index is 2.19. The number of ether oxygens (including phenoxy) is 2. The van der Waals surface area contributed by atoms with Gasteiger partial charge < -0.3 is 14.8 Å². The van der Waals surface area contributed by atoms with E-state index in [-0.39, 0.29) is 11.8 Å². The van der Waals surface area contributed by atoms with Gasteiger partial charge in [-0.15, -0.1) is 0 Å². The molecule has 0 saturated carbocycles. The summed E-state index contributed by atoms with van der Waals surface area (Å²) >= 11 is 0. The Morgan fingerprint density at radius 2 is 1.91 bits per heavy atom. The largest absolute Gasteiger partial charge is 0.494 e. The second kappa shape index (κ2) is 8.15. The molecule has 1 atom stereocenters. The third-order valence-electron chi connectivity index (χ3n) is 3.91. The highest BCUT2D eigenvalue weighted by Gasteiger charge is 2.26. The number of nitrogens with one attached hydrogen (secondary N) is 1. The lowest BCUT2D eigenvalue weighted by Gasteiger charge is -2.32. The van der Waals surface area contributed by atoms with Gasteiger partial charge in [0.15, 0.2) is 5.78 Å². The van der Waals surface area contributed by atoms with Gasteiger partial charge in [0, 0.05) is 32.2 Å². The predicted molar refractivity (Wildman–Crippen MR) is 87.0 cm³/mol. The first kappa shape index (κ1) is 16.8. The van der Waals surface area contributed by atoms with Crippen molar-refractivity contribution in [1.82, 2.24) is 10.2 Å². The van der Waals surface area contributed by atoms with E-state index in [0.29, 0.717) is 24.5 Å². The molecule has 1 unspecified atom stereocenters. The SMILES string of the molecule is CCOc1ccc(C(=O)C(C)N2CCNCC2)c(OCC)c1. The second-order valence-corrected chi connectivity index (χ2v) is 5.35. The van der Waals surface area contributed by atoms with Crippen LogP contribution in [0.2, 0.25) is 0 Å². The second-order valence-electron chi connectivity index (χ2n) is 5.35. The molecule has 0 radical (unpaired) electrons. The molecule has 0 spiro atoms. The highest BCUT2D eigenvalue weighted by Crippen LogP contribution is 2.27. The van der Waals surface area contributed by atoms with Crippen LogP contribution in [0.25, 0.3) is 0 Å².